The molecule has 1 saturated heterocycles. The molecule has 1 N–H and O–H groups in total. The minimum Gasteiger partial charge on any atom is -0.369 e. The molecule has 9 nitrogen and oxygen atoms in total. The highest BCUT2D eigenvalue weighted by Gasteiger charge is 2.15. The van der Waals surface area contributed by atoms with Gasteiger partial charge in [0.25, 0.3) is 5.56 Å². The van der Waals surface area contributed by atoms with Gasteiger partial charge in [-0.05, 0) is 37.7 Å². The summed E-state index contributed by atoms with van der Waals surface area (Å²) >= 11 is 0. The Bertz CT molecular complexity index is 1170. The smallest absolute Gasteiger partial charge is 0.277 e. The predicted molar refractivity (Wildman–Crippen MR) is 125 cm³/mol. The summed E-state index contributed by atoms with van der Waals surface area (Å²) in [7, 11) is 2.15. The lowest BCUT2D eigenvalue weighted by Gasteiger charge is -2.34. The Hall–Kier alpha value is -3.51. The van der Waals surface area contributed by atoms with Crippen molar-refractivity contribution in [3.8, 4) is 6.07 Å². The van der Waals surface area contributed by atoms with Crippen LogP contribution >= 0.6 is 0 Å². The van der Waals surface area contributed by atoms with Crippen LogP contribution in [0.1, 0.15) is 25.5 Å². The Labute approximate surface area is 187 Å². The zero-order valence-electron chi connectivity index (χ0n) is 18.6. The molecule has 1 aliphatic rings. The first-order valence-corrected chi connectivity index (χ1v) is 11.0. The Morgan fingerprint density at radius 1 is 1.16 bits per heavy atom. The molecule has 4 rings (SSSR count). The number of nitriles is 1. The fourth-order valence-electron chi connectivity index (χ4n) is 3.86. The molecule has 9 heteroatoms. The highest BCUT2D eigenvalue weighted by molar-refractivity contribution is 5.80. The van der Waals surface area contributed by atoms with Gasteiger partial charge in [-0.2, -0.15) is 10.4 Å². The lowest BCUT2D eigenvalue weighted by Crippen LogP contribution is -2.44. The van der Waals surface area contributed by atoms with Crippen LogP contribution in [0.15, 0.2) is 35.3 Å². The standard InChI is InChI=1S/C23H28N8O/c1-3-5-20-21-19(22(32)31(28-20)11-4-10-24)16-25-23(27-21)26-17-6-8-18(9-7-17)30-14-12-29(2)13-15-30/h6-9,16H,3-5,11-15H2,1-2H3,(H,25,26,27). The third-order valence-electron chi connectivity index (χ3n) is 5.68. The van der Waals surface area contributed by atoms with Crippen LogP contribution in [0.3, 0.4) is 0 Å². The van der Waals surface area contributed by atoms with Crippen molar-refractivity contribution >= 4 is 28.2 Å². The first kappa shape index (κ1) is 21.7. The van der Waals surface area contributed by atoms with Gasteiger partial charge in [0.15, 0.2) is 0 Å². The van der Waals surface area contributed by atoms with E-state index in [4.69, 9.17) is 5.26 Å². The van der Waals surface area contributed by atoms with Gasteiger partial charge >= 0.3 is 0 Å². The summed E-state index contributed by atoms with van der Waals surface area (Å²) in [6, 6.07) is 10.3. The van der Waals surface area contributed by atoms with E-state index < -0.39 is 0 Å². The van der Waals surface area contributed by atoms with Crippen LogP contribution in [0.5, 0.6) is 0 Å². The van der Waals surface area contributed by atoms with E-state index in [2.05, 4.69) is 62.4 Å². The number of rotatable bonds is 7. The van der Waals surface area contributed by atoms with E-state index in [1.54, 1.807) is 6.20 Å². The molecule has 0 atom stereocenters. The summed E-state index contributed by atoms with van der Waals surface area (Å²) < 4.78 is 1.35. The van der Waals surface area contributed by atoms with Crippen molar-refractivity contribution < 1.29 is 0 Å². The Morgan fingerprint density at radius 2 is 1.91 bits per heavy atom. The monoisotopic (exact) mass is 432 g/mol. The lowest BCUT2D eigenvalue weighted by atomic mass is 10.2. The first-order chi connectivity index (χ1) is 15.6. The fourth-order valence-corrected chi connectivity index (χ4v) is 3.86. The van der Waals surface area contributed by atoms with Crippen molar-refractivity contribution in [1.29, 1.82) is 5.26 Å². The molecule has 0 saturated carbocycles. The minimum absolute atomic E-state index is 0.231. The van der Waals surface area contributed by atoms with Crippen molar-refractivity contribution in [2.24, 2.45) is 0 Å². The van der Waals surface area contributed by atoms with E-state index in [-0.39, 0.29) is 18.5 Å². The Kier molecular flexibility index (Phi) is 6.61. The Balaban J connectivity index is 1.57. The molecule has 2 aromatic heterocycles. The zero-order valence-corrected chi connectivity index (χ0v) is 18.6. The van der Waals surface area contributed by atoms with Gasteiger partial charge in [0.05, 0.1) is 30.1 Å². The number of hydrogen-bond donors (Lipinski definition) is 1. The Morgan fingerprint density at radius 3 is 2.59 bits per heavy atom. The SMILES string of the molecule is CCCc1nn(CCC#N)c(=O)c2cnc(Nc3ccc(N4CCN(C)CC4)cc3)nc12. The molecule has 3 heterocycles. The van der Waals surface area contributed by atoms with Gasteiger partial charge in [0.1, 0.15) is 5.52 Å². The number of fused-ring (bicyclic) bond motifs is 1. The number of hydrogen-bond acceptors (Lipinski definition) is 8. The van der Waals surface area contributed by atoms with Gasteiger partial charge in [-0.3, -0.25) is 4.79 Å². The molecule has 3 aromatic rings. The molecule has 0 radical (unpaired) electrons. The number of aryl methyl sites for hydroxylation is 2. The average molecular weight is 433 g/mol. The molecular weight excluding hydrogens is 404 g/mol. The minimum atomic E-state index is -0.266. The largest absolute Gasteiger partial charge is 0.369 e. The maximum atomic E-state index is 12.8. The normalized spacial score (nSPS) is 14.5. The van der Waals surface area contributed by atoms with Crippen molar-refractivity contribution in [2.75, 3.05) is 43.4 Å². The molecule has 32 heavy (non-hydrogen) atoms. The van der Waals surface area contributed by atoms with Crippen LogP contribution in [0.2, 0.25) is 0 Å². The third-order valence-corrected chi connectivity index (χ3v) is 5.68. The van der Waals surface area contributed by atoms with E-state index in [0.29, 0.717) is 23.3 Å². The van der Waals surface area contributed by atoms with Gasteiger partial charge in [-0.1, -0.05) is 13.3 Å². The van der Waals surface area contributed by atoms with Crippen LogP contribution in [-0.4, -0.2) is 57.9 Å². The molecule has 0 spiro atoms. The van der Waals surface area contributed by atoms with E-state index >= 15 is 0 Å². The van der Waals surface area contributed by atoms with E-state index in [0.717, 1.165) is 44.0 Å². The molecule has 0 amide bonds. The summed E-state index contributed by atoms with van der Waals surface area (Å²) in [4.78, 5) is 26.4. The molecule has 166 valence electrons. The van der Waals surface area contributed by atoms with Crippen LogP contribution in [0, 0.1) is 11.3 Å². The average Bonchev–Trinajstić information content (AvgIpc) is 2.81. The molecule has 0 bridgehead atoms. The van der Waals surface area contributed by atoms with E-state index in [1.165, 1.54) is 10.4 Å². The van der Waals surface area contributed by atoms with E-state index in [1.807, 2.05) is 12.1 Å². The van der Waals surface area contributed by atoms with Crippen molar-refractivity contribution in [1.82, 2.24) is 24.6 Å². The zero-order chi connectivity index (χ0) is 22.5. The second-order valence-corrected chi connectivity index (χ2v) is 8.05. The number of anilines is 3. The topological polar surface area (TPSA) is 103 Å². The summed E-state index contributed by atoms with van der Waals surface area (Å²) in [5, 5.41) is 17.0. The second-order valence-electron chi connectivity index (χ2n) is 8.05. The van der Waals surface area contributed by atoms with Gasteiger partial charge in [0, 0.05) is 43.8 Å². The quantitative estimate of drug-likeness (QED) is 0.608. The van der Waals surface area contributed by atoms with Crippen LogP contribution in [0.4, 0.5) is 17.3 Å². The summed E-state index contributed by atoms with van der Waals surface area (Å²) in [6.45, 7) is 6.50. The molecule has 1 fully saturated rings. The van der Waals surface area contributed by atoms with Gasteiger partial charge in [0.2, 0.25) is 5.95 Å². The second kappa shape index (κ2) is 9.75. The number of likely N-dealkylation sites (N-methyl/N-ethyl adjacent to an activating group) is 1. The molecule has 1 aromatic carbocycles. The number of piperazine rings is 1. The highest BCUT2D eigenvalue weighted by Crippen LogP contribution is 2.22. The summed E-state index contributed by atoms with van der Waals surface area (Å²) in [5.41, 5.74) is 3.13. The first-order valence-electron chi connectivity index (χ1n) is 11.0. The van der Waals surface area contributed by atoms with Crippen LogP contribution in [0.25, 0.3) is 10.9 Å². The van der Waals surface area contributed by atoms with Crippen molar-refractivity contribution in [3.63, 3.8) is 0 Å². The number of aromatic nitrogens is 4. The number of nitrogens with zero attached hydrogens (tertiary/aromatic N) is 7. The van der Waals surface area contributed by atoms with Crippen LogP contribution in [-0.2, 0) is 13.0 Å². The van der Waals surface area contributed by atoms with Gasteiger partial charge in [-0.25, -0.2) is 14.6 Å². The van der Waals surface area contributed by atoms with Gasteiger partial charge < -0.3 is 15.1 Å². The van der Waals surface area contributed by atoms with Crippen molar-refractivity contribution in [2.45, 2.75) is 32.7 Å². The molecule has 0 unspecified atom stereocenters. The summed E-state index contributed by atoms with van der Waals surface area (Å²) in [5.74, 6) is 0.429. The summed E-state index contributed by atoms with van der Waals surface area (Å²) in [6.07, 6.45) is 3.35. The predicted octanol–water partition coefficient (Wildman–Crippen LogP) is 2.55. The lowest BCUT2D eigenvalue weighted by molar-refractivity contribution is 0.313. The van der Waals surface area contributed by atoms with Gasteiger partial charge in [-0.15, -0.1) is 0 Å². The molecule has 0 aliphatic carbocycles. The molecular formula is C23H28N8O. The molecule has 1 aliphatic heterocycles. The highest BCUT2D eigenvalue weighted by atomic mass is 16.1. The maximum Gasteiger partial charge on any atom is 0.277 e. The third kappa shape index (κ3) is 4.70. The maximum absolute atomic E-state index is 12.8. The van der Waals surface area contributed by atoms with Crippen LogP contribution < -0.4 is 15.8 Å². The fraction of sp³-hybridized carbons (Fsp3) is 0.435. The van der Waals surface area contributed by atoms with Crippen molar-refractivity contribution in [3.05, 3.63) is 46.5 Å². The number of nitrogens with one attached hydrogen (secondary N) is 1. The number of benzene rings is 1. The van der Waals surface area contributed by atoms with E-state index in [9.17, 15) is 4.79 Å².